The van der Waals surface area contributed by atoms with Crippen LogP contribution in [0.5, 0.6) is 5.75 Å². The van der Waals surface area contributed by atoms with Crippen molar-refractivity contribution < 1.29 is 5.11 Å². The normalized spacial score (nSPS) is 11.3. The van der Waals surface area contributed by atoms with Gasteiger partial charge in [0, 0.05) is 23.7 Å². The first-order valence-corrected chi connectivity index (χ1v) is 6.44. The topological polar surface area (TPSA) is 36.4 Å². The van der Waals surface area contributed by atoms with Crippen molar-refractivity contribution in [1.82, 2.24) is 9.88 Å². The Morgan fingerprint density at radius 1 is 1.28 bits per heavy atom. The van der Waals surface area contributed by atoms with Crippen LogP contribution in [0.1, 0.15) is 25.0 Å². The second kappa shape index (κ2) is 5.36. The third kappa shape index (κ3) is 2.31. The SMILES string of the molecule is CCc1cc(CN(C)CC)c(O)c2ncccc12. The summed E-state index contributed by atoms with van der Waals surface area (Å²) in [4.78, 5) is 6.48. The van der Waals surface area contributed by atoms with Crippen LogP contribution in [0.4, 0.5) is 0 Å². The molecular formula is C15H20N2O. The van der Waals surface area contributed by atoms with Crippen molar-refractivity contribution in [1.29, 1.82) is 0 Å². The lowest BCUT2D eigenvalue weighted by Crippen LogP contribution is -2.17. The molecule has 0 fully saturated rings. The van der Waals surface area contributed by atoms with Gasteiger partial charge in [0.2, 0.25) is 0 Å². The Hall–Kier alpha value is -1.61. The Kier molecular flexibility index (Phi) is 3.82. The highest BCUT2D eigenvalue weighted by Crippen LogP contribution is 2.31. The third-order valence-electron chi connectivity index (χ3n) is 3.39. The summed E-state index contributed by atoms with van der Waals surface area (Å²) in [6, 6.07) is 6.04. The molecular weight excluding hydrogens is 224 g/mol. The molecule has 1 aromatic heterocycles. The van der Waals surface area contributed by atoms with Gasteiger partial charge in [-0.1, -0.05) is 26.0 Å². The molecule has 0 aliphatic carbocycles. The maximum absolute atomic E-state index is 10.3. The maximum atomic E-state index is 10.3. The van der Waals surface area contributed by atoms with Crippen molar-refractivity contribution in [3.63, 3.8) is 0 Å². The minimum atomic E-state index is 0.322. The predicted octanol–water partition coefficient (Wildman–Crippen LogP) is 2.95. The van der Waals surface area contributed by atoms with Crippen LogP contribution < -0.4 is 0 Å². The molecule has 0 aliphatic heterocycles. The fraction of sp³-hybridized carbons (Fsp3) is 0.400. The van der Waals surface area contributed by atoms with E-state index in [0.717, 1.165) is 36.0 Å². The van der Waals surface area contributed by atoms with Crippen molar-refractivity contribution in [3.05, 3.63) is 35.5 Å². The Labute approximate surface area is 108 Å². The molecule has 0 saturated carbocycles. The van der Waals surface area contributed by atoms with Crippen LogP contribution in [0, 0.1) is 0 Å². The second-order valence-corrected chi connectivity index (χ2v) is 4.63. The fourth-order valence-electron chi connectivity index (χ4n) is 2.18. The first kappa shape index (κ1) is 12.8. The molecule has 3 heteroatoms. The summed E-state index contributed by atoms with van der Waals surface area (Å²) < 4.78 is 0. The second-order valence-electron chi connectivity index (χ2n) is 4.63. The molecule has 0 saturated heterocycles. The molecule has 0 aliphatic rings. The first-order chi connectivity index (χ1) is 8.67. The van der Waals surface area contributed by atoms with E-state index in [1.165, 1.54) is 5.56 Å². The summed E-state index contributed by atoms with van der Waals surface area (Å²) in [5.74, 6) is 0.322. The van der Waals surface area contributed by atoms with Crippen molar-refractivity contribution in [2.45, 2.75) is 26.8 Å². The lowest BCUT2D eigenvalue weighted by molar-refractivity contribution is 0.338. The van der Waals surface area contributed by atoms with Crippen LogP contribution in [0.25, 0.3) is 10.9 Å². The van der Waals surface area contributed by atoms with E-state index in [1.807, 2.05) is 19.2 Å². The summed E-state index contributed by atoms with van der Waals surface area (Å²) in [6.07, 6.45) is 2.68. The van der Waals surface area contributed by atoms with Crippen LogP contribution in [0.2, 0.25) is 0 Å². The quantitative estimate of drug-likeness (QED) is 0.898. The van der Waals surface area contributed by atoms with Crippen LogP contribution in [0.15, 0.2) is 24.4 Å². The van der Waals surface area contributed by atoms with Gasteiger partial charge in [-0.3, -0.25) is 4.98 Å². The summed E-state index contributed by atoms with van der Waals surface area (Å²) in [7, 11) is 2.05. The zero-order valence-corrected chi connectivity index (χ0v) is 11.3. The molecule has 0 spiro atoms. The third-order valence-corrected chi connectivity index (χ3v) is 3.39. The number of phenols is 1. The Bertz CT molecular complexity index is 551. The van der Waals surface area contributed by atoms with Gasteiger partial charge in [0.15, 0.2) is 0 Å². The molecule has 1 N–H and O–H groups in total. The van der Waals surface area contributed by atoms with E-state index in [1.54, 1.807) is 6.20 Å². The number of aromatic nitrogens is 1. The lowest BCUT2D eigenvalue weighted by atomic mass is 10.0. The Balaban J connectivity index is 2.58. The smallest absolute Gasteiger partial charge is 0.146 e. The number of rotatable bonds is 4. The standard InChI is InChI=1S/C15H20N2O/c1-4-11-9-12(10-17(3)5-2)15(18)14-13(11)7-6-8-16-14/h6-9,18H,4-5,10H2,1-3H3. The highest BCUT2D eigenvalue weighted by molar-refractivity contribution is 5.88. The zero-order valence-electron chi connectivity index (χ0n) is 11.3. The van der Waals surface area contributed by atoms with Crippen molar-refractivity contribution in [3.8, 4) is 5.75 Å². The van der Waals surface area contributed by atoms with Gasteiger partial charge >= 0.3 is 0 Å². The van der Waals surface area contributed by atoms with E-state index in [-0.39, 0.29) is 0 Å². The molecule has 2 rings (SSSR count). The average Bonchev–Trinajstić information content (AvgIpc) is 2.41. The monoisotopic (exact) mass is 244 g/mol. The first-order valence-electron chi connectivity index (χ1n) is 6.44. The number of phenolic OH excluding ortho intramolecular Hbond substituents is 1. The number of fused-ring (bicyclic) bond motifs is 1. The van der Waals surface area contributed by atoms with Gasteiger partial charge in [-0.2, -0.15) is 0 Å². The van der Waals surface area contributed by atoms with Crippen LogP contribution in [-0.4, -0.2) is 28.6 Å². The molecule has 1 heterocycles. The van der Waals surface area contributed by atoms with Crippen molar-refractivity contribution >= 4 is 10.9 Å². The maximum Gasteiger partial charge on any atom is 0.146 e. The van der Waals surface area contributed by atoms with Crippen LogP contribution in [0.3, 0.4) is 0 Å². The minimum Gasteiger partial charge on any atom is -0.505 e. The summed E-state index contributed by atoms with van der Waals surface area (Å²) in [5.41, 5.74) is 2.93. The number of hydrogen-bond acceptors (Lipinski definition) is 3. The number of pyridine rings is 1. The number of aryl methyl sites for hydroxylation is 1. The number of nitrogens with zero attached hydrogens (tertiary/aromatic N) is 2. The van der Waals surface area contributed by atoms with Gasteiger partial charge < -0.3 is 10.0 Å². The van der Waals surface area contributed by atoms with Crippen molar-refractivity contribution in [2.24, 2.45) is 0 Å². The summed E-state index contributed by atoms with van der Waals surface area (Å²) in [5, 5.41) is 11.4. The summed E-state index contributed by atoms with van der Waals surface area (Å²) in [6.45, 7) is 5.95. The molecule has 96 valence electrons. The molecule has 0 bridgehead atoms. The van der Waals surface area contributed by atoms with E-state index in [2.05, 4.69) is 29.8 Å². The molecule has 0 amide bonds. The Morgan fingerprint density at radius 2 is 2.06 bits per heavy atom. The highest BCUT2D eigenvalue weighted by Gasteiger charge is 2.12. The largest absolute Gasteiger partial charge is 0.505 e. The van der Waals surface area contributed by atoms with Gasteiger partial charge in [0.05, 0.1) is 0 Å². The molecule has 0 atom stereocenters. The average molecular weight is 244 g/mol. The number of aromatic hydroxyl groups is 1. The van der Waals surface area contributed by atoms with Crippen LogP contribution >= 0.6 is 0 Å². The molecule has 3 nitrogen and oxygen atoms in total. The van der Waals surface area contributed by atoms with Gasteiger partial charge in [-0.25, -0.2) is 0 Å². The zero-order chi connectivity index (χ0) is 13.1. The van der Waals surface area contributed by atoms with Gasteiger partial charge in [0.1, 0.15) is 11.3 Å². The van der Waals surface area contributed by atoms with Crippen molar-refractivity contribution in [2.75, 3.05) is 13.6 Å². The van der Waals surface area contributed by atoms with E-state index in [9.17, 15) is 5.11 Å². The van der Waals surface area contributed by atoms with Crippen LogP contribution in [-0.2, 0) is 13.0 Å². The molecule has 0 radical (unpaired) electrons. The molecule has 18 heavy (non-hydrogen) atoms. The van der Waals surface area contributed by atoms with Gasteiger partial charge in [-0.15, -0.1) is 0 Å². The Morgan fingerprint density at radius 3 is 2.72 bits per heavy atom. The molecule has 1 aromatic carbocycles. The van der Waals surface area contributed by atoms with E-state index in [0.29, 0.717) is 5.75 Å². The number of hydrogen-bond donors (Lipinski definition) is 1. The molecule has 0 unspecified atom stereocenters. The lowest BCUT2D eigenvalue weighted by Gasteiger charge is -2.17. The van der Waals surface area contributed by atoms with Gasteiger partial charge in [0.25, 0.3) is 0 Å². The van der Waals surface area contributed by atoms with E-state index >= 15 is 0 Å². The van der Waals surface area contributed by atoms with E-state index in [4.69, 9.17) is 0 Å². The highest BCUT2D eigenvalue weighted by atomic mass is 16.3. The molecule has 2 aromatic rings. The van der Waals surface area contributed by atoms with E-state index < -0.39 is 0 Å². The van der Waals surface area contributed by atoms with Gasteiger partial charge in [-0.05, 0) is 31.6 Å². The number of benzene rings is 1. The predicted molar refractivity (Wildman–Crippen MR) is 74.8 cm³/mol. The minimum absolute atomic E-state index is 0.322. The fourth-order valence-corrected chi connectivity index (χ4v) is 2.18. The summed E-state index contributed by atoms with van der Waals surface area (Å²) >= 11 is 0.